The highest BCUT2D eigenvalue weighted by Gasteiger charge is 2.35. The molecule has 3 aromatic rings. The third-order valence-corrected chi connectivity index (χ3v) is 5.59. The molecule has 1 nitrogen and oxygen atoms in total. The zero-order valence-electron chi connectivity index (χ0n) is 14.3. The number of ether oxygens (including phenoxy) is 1. The third kappa shape index (κ3) is 2.23. The molecule has 0 aromatic heterocycles. The van der Waals surface area contributed by atoms with Gasteiger partial charge in [-0.05, 0) is 58.0 Å². The van der Waals surface area contributed by atoms with E-state index in [4.69, 9.17) is 4.74 Å². The molecule has 0 radical (unpaired) electrons. The SMILES string of the molecule is CC1(C2=Cc3c(cccc3-c3cccc4ccccc34)C2)CC=CO1. The van der Waals surface area contributed by atoms with E-state index < -0.39 is 0 Å². The van der Waals surface area contributed by atoms with E-state index in [9.17, 15) is 0 Å². The quantitative estimate of drug-likeness (QED) is 0.550. The number of hydrogen-bond donors (Lipinski definition) is 0. The molecule has 1 unspecified atom stereocenters. The van der Waals surface area contributed by atoms with Crippen molar-refractivity contribution in [3.05, 3.63) is 89.7 Å². The molecule has 3 aromatic carbocycles. The standard InChI is InChI=1S/C24H20O/c1-24(13-6-14-25-24)19-15-18-9-5-12-22(23(18)16-19)21-11-4-8-17-7-2-3-10-20(17)21/h2-12,14,16H,13,15H2,1H3. The minimum absolute atomic E-state index is 0.185. The highest BCUT2D eigenvalue weighted by atomic mass is 16.5. The van der Waals surface area contributed by atoms with Crippen LogP contribution in [0.3, 0.4) is 0 Å². The summed E-state index contributed by atoms with van der Waals surface area (Å²) in [6.45, 7) is 2.20. The monoisotopic (exact) mass is 324 g/mol. The van der Waals surface area contributed by atoms with Crippen LogP contribution in [-0.4, -0.2) is 5.60 Å². The number of hydrogen-bond acceptors (Lipinski definition) is 1. The van der Waals surface area contributed by atoms with Gasteiger partial charge in [-0.3, -0.25) is 0 Å². The van der Waals surface area contributed by atoms with E-state index in [0.717, 1.165) is 12.8 Å². The summed E-state index contributed by atoms with van der Waals surface area (Å²) in [5.41, 5.74) is 6.57. The van der Waals surface area contributed by atoms with E-state index in [1.54, 1.807) is 0 Å². The first-order valence-electron chi connectivity index (χ1n) is 8.88. The minimum Gasteiger partial charge on any atom is -0.491 e. The van der Waals surface area contributed by atoms with E-state index in [0.29, 0.717) is 0 Å². The summed E-state index contributed by atoms with van der Waals surface area (Å²) in [6.07, 6.45) is 8.26. The van der Waals surface area contributed by atoms with Crippen molar-refractivity contribution in [2.75, 3.05) is 0 Å². The lowest BCUT2D eigenvalue weighted by atomic mass is 9.92. The van der Waals surface area contributed by atoms with E-state index in [2.05, 4.69) is 79.7 Å². The average Bonchev–Trinajstić information content (AvgIpc) is 3.28. The largest absolute Gasteiger partial charge is 0.491 e. The first kappa shape index (κ1) is 14.5. The summed E-state index contributed by atoms with van der Waals surface area (Å²) < 4.78 is 5.92. The molecule has 0 amide bonds. The minimum atomic E-state index is -0.185. The van der Waals surface area contributed by atoms with Crippen LogP contribution in [-0.2, 0) is 11.2 Å². The second-order valence-electron chi connectivity index (χ2n) is 7.18. The van der Waals surface area contributed by atoms with Crippen molar-refractivity contribution in [1.82, 2.24) is 0 Å². The Kier molecular flexibility index (Phi) is 3.11. The second-order valence-corrected chi connectivity index (χ2v) is 7.18. The molecule has 0 spiro atoms. The third-order valence-electron chi connectivity index (χ3n) is 5.59. The predicted octanol–water partition coefficient (Wildman–Crippen LogP) is 6.14. The Morgan fingerprint density at radius 3 is 2.56 bits per heavy atom. The maximum absolute atomic E-state index is 5.92. The van der Waals surface area contributed by atoms with Crippen molar-refractivity contribution < 1.29 is 4.74 Å². The molecule has 5 rings (SSSR count). The molecule has 0 saturated heterocycles. The lowest BCUT2D eigenvalue weighted by Crippen LogP contribution is -2.25. The molecule has 25 heavy (non-hydrogen) atoms. The topological polar surface area (TPSA) is 9.23 Å². The van der Waals surface area contributed by atoms with Gasteiger partial charge in [0.2, 0.25) is 0 Å². The smallest absolute Gasteiger partial charge is 0.130 e. The number of fused-ring (bicyclic) bond motifs is 2. The van der Waals surface area contributed by atoms with Crippen molar-refractivity contribution in [2.24, 2.45) is 0 Å². The lowest BCUT2D eigenvalue weighted by Gasteiger charge is -2.25. The Hall–Kier alpha value is -2.80. The first-order valence-corrected chi connectivity index (χ1v) is 8.88. The van der Waals surface area contributed by atoms with E-state index in [-0.39, 0.29) is 5.60 Å². The van der Waals surface area contributed by atoms with Crippen molar-refractivity contribution in [1.29, 1.82) is 0 Å². The summed E-state index contributed by atoms with van der Waals surface area (Å²) in [5, 5.41) is 2.60. The second kappa shape index (κ2) is 5.35. The van der Waals surface area contributed by atoms with Gasteiger partial charge in [0.15, 0.2) is 0 Å². The maximum Gasteiger partial charge on any atom is 0.130 e. The summed E-state index contributed by atoms with van der Waals surface area (Å²) in [7, 11) is 0. The van der Waals surface area contributed by atoms with Crippen LogP contribution in [0.4, 0.5) is 0 Å². The molecule has 0 N–H and O–H groups in total. The summed E-state index contributed by atoms with van der Waals surface area (Å²) in [4.78, 5) is 0. The number of benzene rings is 3. The van der Waals surface area contributed by atoms with Gasteiger partial charge in [0, 0.05) is 6.42 Å². The Morgan fingerprint density at radius 1 is 0.880 bits per heavy atom. The van der Waals surface area contributed by atoms with Gasteiger partial charge in [-0.25, -0.2) is 0 Å². The summed E-state index contributed by atoms with van der Waals surface area (Å²) in [6, 6.07) is 21.9. The highest BCUT2D eigenvalue weighted by Crippen LogP contribution is 2.42. The molecule has 0 saturated carbocycles. The zero-order valence-corrected chi connectivity index (χ0v) is 14.3. The van der Waals surface area contributed by atoms with Crippen molar-refractivity contribution in [3.8, 4) is 11.1 Å². The normalized spacial score (nSPS) is 21.2. The van der Waals surface area contributed by atoms with Gasteiger partial charge in [-0.15, -0.1) is 0 Å². The fraction of sp³-hybridized carbons (Fsp3) is 0.167. The molecular formula is C24H20O. The highest BCUT2D eigenvalue weighted by molar-refractivity contribution is 5.99. The first-order chi connectivity index (χ1) is 12.2. The molecule has 1 atom stereocenters. The van der Waals surface area contributed by atoms with E-state index >= 15 is 0 Å². The van der Waals surface area contributed by atoms with Gasteiger partial charge in [0.1, 0.15) is 5.60 Å². The summed E-state index contributed by atoms with van der Waals surface area (Å²) in [5.74, 6) is 0. The number of rotatable bonds is 2. The molecule has 1 aliphatic heterocycles. The van der Waals surface area contributed by atoms with E-state index in [1.165, 1.54) is 38.6 Å². The lowest BCUT2D eigenvalue weighted by molar-refractivity contribution is 0.0992. The Balaban J connectivity index is 1.68. The van der Waals surface area contributed by atoms with Crippen LogP contribution in [0.1, 0.15) is 24.5 Å². The van der Waals surface area contributed by atoms with Crippen LogP contribution in [0.5, 0.6) is 0 Å². The van der Waals surface area contributed by atoms with Gasteiger partial charge in [-0.2, -0.15) is 0 Å². The fourth-order valence-corrected chi connectivity index (χ4v) is 4.13. The van der Waals surface area contributed by atoms with Gasteiger partial charge in [-0.1, -0.05) is 66.7 Å². The molecule has 0 bridgehead atoms. The molecule has 0 fully saturated rings. The predicted molar refractivity (Wildman–Crippen MR) is 104 cm³/mol. The van der Waals surface area contributed by atoms with Gasteiger partial charge in [0.05, 0.1) is 6.26 Å². The van der Waals surface area contributed by atoms with Crippen LogP contribution >= 0.6 is 0 Å². The molecule has 1 heterocycles. The van der Waals surface area contributed by atoms with Gasteiger partial charge >= 0.3 is 0 Å². The Labute approximate surface area is 148 Å². The van der Waals surface area contributed by atoms with E-state index in [1.807, 2.05) is 6.26 Å². The zero-order chi connectivity index (χ0) is 16.9. The molecular weight excluding hydrogens is 304 g/mol. The molecule has 122 valence electrons. The molecule has 1 aliphatic carbocycles. The average molecular weight is 324 g/mol. The van der Waals surface area contributed by atoms with Crippen LogP contribution in [0, 0.1) is 0 Å². The molecule has 1 heteroatoms. The van der Waals surface area contributed by atoms with Crippen LogP contribution in [0.2, 0.25) is 0 Å². The fourth-order valence-electron chi connectivity index (χ4n) is 4.13. The molecule has 2 aliphatic rings. The van der Waals surface area contributed by atoms with Crippen molar-refractivity contribution >= 4 is 16.8 Å². The van der Waals surface area contributed by atoms with Crippen LogP contribution in [0.15, 0.2) is 78.6 Å². The Morgan fingerprint density at radius 2 is 1.68 bits per heavy atom. The van der Waals surface area contributed by atoms with Gasteiger partial charge < -0.3 is 4.74 Å². The summed E-state index contributed by atoms with van der Waals surface area (Å²) >= 11 is 0. The van der Waals surface area contributed by atoms with Crippen LogP contribution in [0.25, 0.3) is 28.0 Å². The van der Waals surface area contributed by atoms with Crippen LogP contribution < -0.4 is 0 Å². The van der Waals surface area contributed by atoms with Crippen molar-refractivity contribution in [2.45, 2.75) is 25.4 Å². The van der Waals surface area contributed by atoms with Crippen molar-refractivity contribution in [3.63, 3.8) is 0 Å². The Bertz CT molecular complexity index is 1030. The maximum atomic E-state index is 5.92. The van der Waals surface area contributed by atoms with Gasteiger partial charge in [0.25, 0.3) is 0 Å².